The molecule has 368 valence electrons. The number of phenolic OH excluding ortho intramolecular Hbond substituents is 1. The van der Waals surface area contributed by atoms with Crippen LogP contribution in [0, 0.1) is 12.8 Å². The van der Waals surface area contributed by atoms with E-state index in [4.69, 9.17) is 25.7 Å². The zero-order valence-corrected chi connectivity index (χ0v) is 39.6. The molecule has 0 spiro atoms. The van der Waals surface area contributed by atoms with Crippen molar-refractivity contribution in [3.8, 4) is 11.5 Å². The van der Waals surface area contributed by atoms with Crippen LogP contribution in [-0.2, 0) is 46.5 Å². The van der Waals surface area contributed by atoms with Crippen molar-refractivity contribution in [2.24, 2.45) is 17.4 Å². The minimum atomic E-state index is -1.16. The second-order valence-electron chi connectivity index (χ2n) is 18.0. The number of ketones is 2. The Balaban J connectivity index is 1.10. The topological polar surface area (TPSA) is 306 Å². The van der Waals surface area contributed by atoms with E-state index in [0.717, 1.165) is 16.7 Å². The molecule has 2 aromatic rings. The number of nitrogens with zero attached hydrogens (tertiary/aromatic N) is 2. The average molecular weight is 946 g/mol. The molecular weight excluding hydrogens is 883 g/mol. The van der Waals surface area contributed by atoms with Crippen LogP contribution in [0.5, 0.6) is 11.5 Å². The van der Waals surface area contributed by atoms with Crippen molar-refractivity contribution < 1.29 is 58.0 Å². The van der Waals surface area contributed by atoms with E-state index in [1.807, 2.05) is 18.9 Å². The van der Waals surface area contributed by atoms with Crippen molar-refractivity contribution in [3.05, 3.63) is 75.1 Å². The number of aromatic hydroxyl groups is 1. The Kier molecular flexibility index (Phi) is 15.8. The summed E-state index contributed by atoms with van der Waals surface area (Å²) in [5, 5.41) is 36.4. The second-order valence-corrected chi connectivity index (χ2v) is 18.0. The van der Waals surface area contributed by atoms with Crippen molar-refractivity contribution in [1.82, 2.24) is 31.1 Å². The molecule has 4 aliphatic rings. The van der Waals surface area contributed by atoms with E-state index in [1.165, 1.54) is 28.1 Å². The van der Waals surface area contributed by atoms with Gasteiger partial charge >= 0.3 is 12.1 Å². The molecular formula is C47H63N9O12. The van der Waals surface area contributed by atoms with Gasteiger partial charge in [-0.2, -0.15) is 0 Å². The molecule has 0 radical (unpaired) electrons. The molecule has 0 aromatic heterocycles. The maximum absolute atomic E-state index is 14.2. The number of urea groups is 1. The van der Waals surface area contributed by atoms with Crippen LogP contribution >= 0.6 is 0 Å². The van der Waals surface area contributed by atoms with Gasteiger partial charge in [-0.3, -0.25) is 33.8 Å². The Morgan fingerprint density at radius 3 is 2.24 bits per heavy atom. The number of hydrogen-bond donors (Lipinski definition) is 9. The van der Waals surface area contributed by atoms with Gasteiger partial charge in [-0.15, -0.1) is 0 Å². The zero-order valence-electron chi connectivity index (χ0n) is 39.6. The summed E-state index contributed by atoms with van der Waals surface area (Å²) < 4.78 is 16.3. The summed E-state index contributed by atoms with van der Waals surface area (Å²) in [4.78, 5) is 95.6. The molecule has 2 aromatic carbocycles. The summed E-state index contributed by atoms with van der Waals surface area (Å²) in [5.74, 6) is -2.55. The fourth-order valence-electron chi connectivity index (χ4n) is 9.70. The number of carbonyl (C=O) groups excluding carboxylic acids is 7. The van der Waals surface area contributed by atoms with Crippen molar-refractivity contribution in [2.75, 3.05) is 39.7 Å². The van der Waals surface area contributed by atoms with Gasteiger partial charge in [-0.05, 0) is 99.9 Å². The van der Waals surface area contributed by atoms with Gasteiger partial charge in [-0.1, -0.05) is 26.0 Å². The fourth-order valence-corrected chi connectivity index (χ4v) is 9.70. The van der Waals surface area contributed by atoms with Crippen LogP contribution in [0.1, 0.15) is 75.3 Å². The number of piperazine rings is 1. The van der Waals surface area contributed by atoms with Crippen LogP contribution < -0.4 is 42.8 Å². The van der Waals surface area contributed by atoms with Gasteiger partial charge in [-0.25, -0.2) is 9.59 Å². The number of allylic oxidation sites excluding steroid dienone is 2. The highest BCUT2D eigenvalue weighted by Gasteiger charge is 2.57. The third-order valence-corrected chi connectivity index (χ3v) is 13.4. The van der Waals surface area contributed by atoms with Gasteiger partial charge in [0, 0.05) is 41.5 Å². The summed E-state index contributed by atoms with van der Waals surface area (Å²) in [6, 6.07) is 1.91. The summed E-state index contributed by atoms with van der Waals surface area (Å²) in [6.45, 7) is 8.16. The summed E-state index contributed by atoms with van der Waals surface area (Å²) in [7, 11) is 4.66. The van der Waals surface area contributed by atoms with Gasteiger partial charge in [0.15, 0.2) is 23.0 Å². The number of fused-ring (bicyclic) bond motifs is 6. The smallest absolute Gasteiger partial charge is 0.408 e. The number of hydrogen-bond acceptors (Lipinski definition) is 15. The number of methoxy groups -OCH3 is 2. The molecule has 1 aliphatic carbocycles. The highest BCUT2D eigenvalue weighted by molar-refractivity contribution is 6.25. The maximum atomic E-state index is 14.2. The lowest BCUT2D eigenvalue weighted by Crippen LogP contribution is -2.71. The number of nitrogens with two attached hydrogens (primary N) is 2. The Morgan fingerprint density at radius 1 is 0.912 bits per heavy atom. The molecule has 0 unspecified atom stereocenters. The molecule has 8 atom stereocenters. The summed E-state index contributed by atoms with van der Waals surface area (Å²) >= 11 is 0. The second kappa shape index (κ2) is 21.2. The third kappa shape index (κ3) is 10.3. The molecule has 6 rings (SSSR count). The Morgan fingerprint density at radius 2 is 1.60 bits per heavy atom. The lowest BCUT2D eigenvalue weighted by atomic mass is 9.70. The predicted molar refractivity (Wildman–Crippen MR) is 247 cm³/mol. The summed E-state index contributed by atoms with van der Waals surface area (Å²) in [5.41, 5.74) is 15.0. The van der Waals surface area contributed by atoms with Crippen molar-refractivity contribution in [2.45, 2.75) is 115 Å². The first-order chi connectivity index (χ1) is 32.2. The largest absolute Gasteiger partial charge is 0.504 e. The van der Waals surface area contributed by atoms with Crippen molar-refractivity contribution in [3.63, 3.8) is 0 Å². The lowest BCUT2D eigenvalue weighted by Gasteiger charge is -2.60. The van der Waals surface area contributed by atoms with Crippen LogP contribution in [0.15, 0.2) is 52.8 Å². The lowest BCUT2D eigenvalue weighted by molar-refractivity contribution is -0.167. The number of amides is 6. The predicted octanol–water partition coefficient (Wildman–Crippen LogP) is 1.04. The van der Waals surface area contributed by atoms with Crippen LogP contribution in [0.4, 0.5) is 15.3 Å². The highest BCUT2D eigenvalue weighted by Crippen LogP contribution is 2.52. The number of Topliss-reactive ketones (excluding diaryl/α,β-unsaturated/α-hetero) is 2. The molecule has 11 N–H and O–H groups in total. The monoisotopic (exact) mass is 945 g/mol. The third-order valence-electron chi connectivity index (χ3n) is 13.4. The van der Waals surface area contributed by atoms with Gasteiger partial charge < -0.3 is 62.5 Å². The number of nitrogens with one attached hydrogen (secondary N) is 5. The van der Waals surface area contributed by atoms with Gasteiger partial charge in [0.2, 0.25) is 23.5 Å². The van der Waals surface area contributed by atoms with Crippen LogP contribution in [-0.4, -0.2) is 138 Å². The number of anilines is 1. The molecule has 68 heavy (non-hydrogen) atoms. The van der Waals surface area contributed by atoms with E-state index >= 15 is 0 Å². The van der Waals surface area contributed by atoms with Gasteiger partial charge in [0.1, 0.15) is 24.9 Å². The van der Waals surface area contributed by atoms with Gasteiger partial charge in [0.05, 0.1) is 38.4 Å². The van der Waals surface area contributed by atoms with Gasteiger partial charge in [0.25, 0.3) is 0 Å². The number of alkyl carbamates (subject to hydrolysis) is 1. The first kappa shape index (κ1) is 50.9. The summed E-state index contributed by atoms with van der Waals surface area (Å²) in [6.07, 6.45) is -1.07. The zero-order chi connectivity index (χ0) is 49.9. The maximum Gasteiger partial charge on any atom is 0.408 e. The highest BCUT2D eigenvalue weighted by atomic mass is 16.5. The number of primary amides is 1. The molecule has 0 saturated carbocycles. The normalized spacial score (nSPS) is 22.5. The Labute approximate surface area is 394 Å². The molecule has 1 saturated heterocycles. The number of rotatable bonds is 17. The number of likely N-dealkylation sites (N-methyl/N-ethyl adjacent to an activating group) is 1. The minimum Gasteiger partial charge on any atom is -0.504 e. The Bertz CT molecular complexity index is 2400. The molecule has 3 heterocycles. The molecule has 21 nitrogen and oxygen atoms in total. The number of carbonyl (C=O) groups is 7. The number of aliphatic hydroxyl groups is 1. The minimum absolute atomic E-state index is 0.0499. The van der Waals surface area contributed by atoms with Crippen LogP contribution in [0.25, 0.3) is 0 Å². The molecule has 1 fully saturated rings. The molecule has 3 aliphatic heterocycles. The number of ether oxygens (including phenoxy) is 3. The van der Waals surface area contributed by atoms with Crippen LogP contribution in [0.2, 0.25) is 0 Å². The number of aliphatic hydroxyl groups excluding tert-OH is 1. The first-order valence-electron chi connectivity index (χ1n) is 22.5. The van der Waals surface area contributed by atoms with E-state index in [-0.39, 0.29) is 72.5 Å². The van der Waals surface area contributed by atoms with E-state index < -0.39 is 84.1 Å². The van der Waals surface area contributed by atoms with Crippen molar-refractivity contribution >= 4 is 47.1 Å². The van der Waals surface area contributed by atoms with E-state index in [0.29, 0.717) is 29.8 Å². The molecule has 2 bridgehead atoms. The fraction of sp³-hybridized carbons (Fsp3) is 0.511. The first-order valence-corrected chi connectivity index (χ1v) is 22.5. The quantitative estimate of drug-likeness (QED) is 0.0791. The van der Waals surface area contributed by atoms with E-state index in [9.17, 15) is 43.8 Å². The van der Waals surface area contributed by atoms with E-state index in [1.54, 1.807) is 49.1 Å². The number of benzene rings is 2. The SMILES string of the molecule is COC1=C(C)C(=O)C2=C(C1=O)[C@H](CNC(=O)[C@H](C)NC(=O)OCc1ccc(NC(=O)[C@H](CCCNC(N)=O)NC(=O)[C@@H](N)C(C)C)cc1)N1[C@@H](O)[C@@H]3Cc4c(cc(O)c(OC)c4C)[C@@H]([C@@H]1C2)N3C. The van der Waals surface area contributed by atoms with Crippen molar-refractivity contribution in [1.29, 1.82) is 0 Å². The molecule has 6 amide bonds. The average Bonchev–Trinajstić information content (AvgIpc) is 3.29. The Hall–Kier alpha value is -6.55. The standard InChI is InChI=1S/C47H63N9O12/c1-21(2)36(48)44(62)54-30(10-9-15-50-46(49)64)43(61)53-26-13-11-25(12-14-26)20-68-47(65)52-24(5)42(60)51-19-33-35-29(38(58)23(4)41(67-8)39(35)59)17-31-37-28-18-34(57)40(66-7)22(3)27(28)16-32(55(37)6)45(63)56(31)33/h11-14,18,21,24,30-33,36-37,45,57,63H,9-10,15-17,19-20,48H2,1-8H3,(H,51,60)(H,52,65)(H,53,61)(H,54,62)(H3,49,50,64)/t24-,30-,31-,32-,33-,36-,37-,45-/m0/s1. The molecule has 21 heteroatoms. The van der Waals surface area contributed by atoms with E-state index in [2.05, 4.69) is 26.6 Å². The van der Waals surface area contributed by atoms with Crippen LogP contribution in [0.3, 0.4) is 0 Å². The number of phenols is 1.